The second-order valence-corrected chi connectivity index (χ2v) is 8.91. The number of amides is 1. The number of halogens is 1. The molecule has 2 heterocycles. The summed E-state index contributed by atoms with van der Waals surface area (Å²) in [6, 6.07) is 4.69. The molecule has 0 saturated carbocycles. The maximum atomic E-state index is 13.7. The van der Waals surface area contributed by atoms with E-state index in [-0.39, 0.29) is 11.7 Å². The average molecular weight is 422 g/mol. The van der Waals surface area contributed by atoms with Crippen LogP contribution in [-0.4, -0.2) is 52.2 Å². The summed E-state index contributed by atoms with van der Waals surface area (Å²) < 4.78 is 21.3. The van der Waals surface area contributed by atoms with Gasteiger partial charge in [0.05, 0.1) is 18.5 Å². The van der Waals surface area contributed by atoms with Crippen molar-refractivity contribution in [2.75, 3.05) is 36.5 Å². The predicted octanol–water partition coefficient (Wildman–Crippen LogP) is 3.34. The second kappa shape index (κ2) is 9.58. The van der Waals surface area contributed by atoms with Gasteiger partial charge in [-0.3, -0.25) is 9.36 Å². The van der Waals surface area contributed by atoms with Crippen LogP contribution in [0.4, 0.5) is 16.0 Å². The minimum Gasteiger partial charge on any atom is -0.378 e. The van der Waals surface area contributed by atoms with Crippen LogP contribution >= 0.6 is 11.8 Å². The first-order valence-electron chi connectivity index (χ1n) is 9.84. The fourth-order valence-electron chi connectivity index (χ4n) is 3.02. The number of carbonyl (C=O) groups is 1. The number of morpholine rings is 1. The molecule has 0 bridgehead atoms. The van der Waals surface area contributed by atoms with E-state index in [1.807, 2.05) is 6.92 Å². The van der Waals surface area contributed by atoms with E-state index in [2.05, 4.69) is 38.8 Å². The average Bonchev–Trinajstić information content (AvgIpc) is 3.07. The Balaban J connectivity index is 1.72. The highest BCUT2D eigenvalue weighted by Crippen LogP contribution is 2.28. The van der Waals surface area contributed by atoms with E-state index >= 15 is 0 Å². The molecular formula is C20H28FN5O2S. The quantitative estimate of drug-likeness (QED) is 0.692. The number of aromatic nitrogens is 3. The maximum absolute atomic E-state index is 13.7. The summed E-state index contributed by atoms with van der Waals surface area (Å²) in [6.45, 7) is 11.4. The molecule has 0 aliphatic carbocycles. The number of anilines is 2. The standard InChI is InChI=1S/C20H28FN5O2S/c1-13(2)12-26-19(25-7-9-28-10-8-25)23-24-20(26)29-15(4)18(27)22-16-6-5-14(3)17(21)11-16/h5-6,11,13,15H,7-10,12H2,1-4H3,(H,22,27)/t15-/m0/s1. The molecule has 1 saturated heterocycles. The van der Waals surface area contributed by atoms with Gasteiger partial charge in [-0.05, 0) is 37.5 Å². The third-order valence-electron chi connectivity index (χ3n) is 4.63. The number of aryl methyl sites for hydroxylation is 1. The van der Waals surface area contributed by atoms with E-state index < -0.39 is 5.25 Å². The number of nitrogens with zero attached hydrogens (tertiary/aromatic N) is 4. The van der Waals surface area contributed by atoms with Gasteiger partial charge in [0.15, 0.2) is 5.16 Å². The number of benzene rings is 1. The first-order chi connectivity index (χ1) is 13.8. The van der Waals surface area contributed by atoms with Crippen LogP contribution in [0.15, 0.2) is 23.4 Å². The van der Waals surface area contributed by atoms with Crippen molar-refractivity contribution in [1.29, 1.82) is 0 Å². The van der Waals surface area contributed by atoms with E-state index in [0.29, 0.717) is 35.5 Å². The van der Waals surface area contributed by atoms with Gasteiger partial charge >= 0.3 is 0 Å². The van der Waals surface area contributed by atoms with Crippen LogP contribution < -0.4 is 10.2 Å². The van der Waals surface area contributed by atoms with Crippen molar-refractivity contribution >= 4 is 29.3 Å². The van der Waals surface area contributed by atoms with Crippen LogP contribution in [0.25, 0.3) is 0 Å². The Bertz CT molecular complexity index is 851. The van der Waals surface area contributed by atoms with Crippen LogP contribution in [0.5, 0.6) is 0 Å². The molecule has 1 aliphatic rings. The molecule has 3 rings (SSSR count). The molecular weight excluding hydrogens is 393 g/mol. The number of rotatable bonds is 7. The lowest BCUT2D eigenvalue weighted by Gasteiger charge is -2.28. The summed E-state index contributed by atoms with van der Waals surface area (Å²) in [6.07, 6.45) is 0. The topological polar surface area (TPSA) is 72.3 Å². The molecule has 1 aromatic carbocycles. The van der Waals surface area contributed by atoms with Crippen LogP contribution in [0, 0.1) is 18.7 Å². The molecule has 0 spiro atoms. The Hall–Kier alpha value is -2.13. The maximum Gasteiger partial charge on any atom is 0.237 e. The van der Waals surface area contributed by atoms with E-state index in [4.69, 9.17) is 4.74 Å². The summed E-state index contributed by atoms with van der Waals surface area (Å²) in [5.74, 6) is 0.683. The van der Waals surface area contributed by atoms with Crippen molar-refractivity contribution in [3.05, 3.63) is 29.6 Å². The molecule has 1 fully saturated rings. The molecule has 2 aromatic rings. The second-order valence-electron chi connectivity index (χ2n) is 7.60. The number of thioether (sulfide) groups is 1. The fraction of sp³-hybridized carbons (Fsp3) is 0.550. The van der Waals surface area contributed by atoms with Gasteiger partial charge < -0.3 is 15.0 Å². The largest absolute Gasteiger partial charge is 0.378 e. The van der Waals surface area contributed by atoms with Gasteiger partial charge in [0.1, 0.15) is 5.82 Å². The Kier molecular flexibility index (Phi) is 7.13. The third kappa shape index (κ3) is 5.48. The van der Waals surface area contributed by atoms with E-state index in [1.54, 1.807) is 19.1 Å². The van der Waals surface area contributed by atoms with E-state index in [1.165, 1.54) is 17.8 Å². The zero-order chi connectivity index (χ0) is 21.0. The highest BCUT2D eigenvalue weighted by atomic mass is 32.2. The van der Waals surface area contributed by atoms with Crippen LogP contribution in [0.3, 0.4) is 0 Å². The molecule has 9 heteroatoms. The lowest BCUT2D eigenvalue weighted by molar-refractivity contribution is -0.115. The van der Waals surface area contributed by atoms with Crippen molar-refractivity contribution in [1.82, 2.24) is 14.8 Å². The highest BCUT2D eigenvalue weighted by molar-refractivity contribution is 8.00. The Morgan fingerprint density at radius 3 is 2.66 bits per heavy atom. The summed E-state index contributed by atoms with van der Waals surface area (Å²) in [4.78, 5) is 14.8. The summed E-state index contributed by atoms with van der Waals surface area (Å²) in [5.41, 5.74) is 0.992. The first kappa shape index (κ1) is 21.6. The Morgan fingerprint density at radius 2 is 2.00 bits per heavy atom. The lowest BCUT2D eigenvalue weighted by Crippen LogP contribution is -2.38. The molecule has 1 N–H and O–H groups in total. The molecule has 1 aliphatic heterocycles. The smallest absolute Gasteiger partial charge is 0.237 e. The highest BCUT2D eigenvalue weighted by Gasteiger charge is 2.24. The van der Waals surface area contributed by atoms with Gasteiger partial charge in [0.2, 0.25) is 11.9 Å². The van der Waals surface area contributed by atoms with Crippen molar-refractivity contribution in [2.45, 2.75) is 44.6 Å². The molecule has 1 aromatic heterocycles. The van der Waals surface area contributed by atoms with Crippen molar-refractivity contribution < 1.29 is 13.9 Å². The minimum absolute atomic E-state index is 0.203. The number of ether oxygens (including phenoxy) is 1. The number of carbonyl (C=O) groups excluding carboxylic acids is 1. The molecule has 0 radical (unpaired) electrons. The van der Waals surface area contributed by atoms with Gasteiger partial charge in [-0.15, -0.1) is 10.2 Å². The van der Waals surface area contributed by atoms with Crippen molar-refractivity contribution in [3.63, 3.8) is 0 Å². The molecule has 1 atom stereocenters. The fourth-order valence-corrected chi connectivity index (χ4v) is 3.87. The van der Waals surface area contributed by atoms with Crippen LogP contribution in [0.1, 0.15) is 26.3 Å². The van der Waals surface area contributed by atoms with Gasteiger partial charge in [-0.1, -0.05) is 31.7 Å². The predicted molar refractivity (Wildman–Crippen MR) is 113 cm³/mol. The molecule has 0 unspecified atom stereocenters. The summed E-state index contributed by atoms with van der Waals surface area (Å²) in [7, 11) is 0. The molecule has 1 amide bonds. The van der Waals surface area contributed by atoms with Crippen molar-refractivity contribution in [2.24, 2.45) is 5.92 Å². The number of hydrogen-bond donors (Lipinski definition) is 1. The SMILES string of the molecule is Cc1ccc(NC(=O)[C@H](C)Sc2nnc(N3CCOCC3)n2CC(C)C)cc1F. The molecule has 158 valence electrons. The molecule has 7 nitrogen and oxygen atoms in total. The zero-order valence-electron chi connectivity index (χ0n) is 17.3. The number of nitrogens with one attached hydrogen (secondary N) is 1. The third-order valence-corrected chi connectivity index (χ3v) is 5.71. The summed E-state index contributed by atoms with van der Waals surface area (Å²) >= 11 is 1.36. The van der Waals surface area contributed by atoms with Gasteiger partial charge in [0, 0.05) is 25.3 Å². The normalized spacial score (nSPS) is 15.6. The van der Waals surface area contributed by atoms with Crippen LogP contribution in [0.2, 0.25) is 0 Å². The Morgan fingerprint density at radius 1 is 1.28 bits per heavy atom. The first-order valence-corrected chi connectivity index (χ1v) is 10.7. The van der Waals surface area contributed by atoms with Gasteiger partial charge in [-0.25, -0.2) is 4.39 Å². The van der Waals surface area contributed by atoms with Crippen molar-refractivity contribution in [3.8, 4) is 0 Å². The zero-order valence-corrected chi connectivity index (χ0v) is 18.1. The number of hydrogen-bond acceptors (Lipinski definition) is 6. The minimum atomic E-state index is -0.410. The van der Waals surface area contributed by atoms with Gasteiger partial charge in [-0.2, -0.15) is 0 Å². The molecule has 29 heavy (non-hydrogen) atoms. The monoisotopic (exact) mass is 421 g/mol. The summed E-state index contributed by atoms with van der Waals surface area (Å²) in [5, 5.41) is 11.8. The van der Waals surface area contributed by atoms with E-state index in [9.17, 15) is 9.18 Å². The van der Waals surface area contributed by atoms with Gasteiger partial charge in [0.25, 0.3) is 0 Å². The lowest BCUT2D eigenvalue weighted by atomic mass is 10.2. The Labute approximate surface area is 175 Å². The van der Waals surface area contributed by atoms with Crippen LogP contribution in [-0.2, 0) is 16.1 Å². The van der Waals surface area contributed by atoms with E-state index in [0.717, 1.165) is 25.6 Å².